The molecule has 0 aliphatic rings. The van der Waals surface area contributed by atoms with Gasteiger partial charge in [-0.2, -0.15) is 0 Å². The van der Waals surface area contributed by atoms with Crippen molar-refractivity contribution >= 4 is 27.9 Å². The molecule has 0 N–H and O–H groups in total. The molecule has 0 spiro atoms. The molecule has 2 aromatic rings. The van der Waals surface area contributed by atoms with Crippen LogP contribution in [-0.2, 0) is 6.42 Å². The Balaban J connectivity index is 1.94. The minimum Gasteiger partial charge on any atom is -0.492 e. The van der Waals surface area contributed by atoms with Gasteiger partial charge in [0.25, 0.3) is 5.69 Å². The van der Waals surface area contributed by atoms with E-state index in [1.54, 1.807) is 12.1 Å². The lowest BCUT2D eigenvalue weighted by Gasteiger charge is -2.08. The first kappa shape index (κ1) is 16.4. The number of ether oxygens (including phenoxy) is 1. The highest BCUT2D eigenvalue weighted by atomic mass is 79.9. The number of carbonyl (C=O) groups excluding carboxylic acids is 1. The zero-order valence-corrected chi connectivity index (χ0v) is 13.9. The van der Waals surface area contributed by atoms with E-state index in [0.29, 0.717) is 36.6 Å². The zero-order valence-electron chi connectivity index (χ0n) is 12.3. The van der Waals surface area contributed by atoms with Crippen LogP contribution in [0.15, 0.2) is 46.9 Å². The predicted octanol–water partition coefficient (Wildman–Crippen LogP) is 4.31. The van der Waals surface area contributed by atoms with Gasteiger partial charge in [-0.25, -0.2) is 0 Å². The Morgan fingerprint density at radius 2 is 1.91 bits per heavy atom. The van der Waals surface area contributed by atoms with E-state index in [2.05, 4.69) is 15.9 Å². The van der Waals surface area contributed by atoms with E-state index in [4.69, 9.17) is 4.74 Å². The summed E-state index contributed by atoms with van der Waals surface area (Å²) in [7, 11) is 0. The van der Waals surface area contributed by atoms with Crippen LogP contribution >= 0.6 is 15.9 Å². The van der Waals surface area contributed by atoms with Crippen LogP contribution in [0.1, 0.15) is 22.8 Å². The normalized spacial score (nSPS) is 10.3. The van der Waals surface area contributed by atoms with E-state index in [-0.39, 0.29) is 0 Å². The topological polar surface area (TPSA) is 46.4 Å². The number of nitrogens with zero attached hydrogens (tertiary/aromatic N) is 1. The second-order valence-electron chi connectivity index (χ2n) is 4.76. The Morgan fingerprint density at radius 1 is 1.18 bits per heavy atom. The van der Waals surface area contributed by atoms with Crippen LogP contribution in [0.3, 0.4) is 0 Å². The Kier molecular flexibility index (Phi) is 5.83. The molecule has 4 nitrogen and oxygen atoms in total. The average molecular weight is 363 g/mol. The molecule has 0 unspecified atom stereocenters. The second kappa shape index (κ2) is 7.84. The molecular weight excluding hydrogens is 346 g/mol. The van der Waals surface area contributed by atoms with E-state index in [0.717, 1.165) is 21.1 Å². The van der Waals surface area contributed by atoms with Crippen molar-refractivity contribution in [3.8, 4) is 5.75 Å². The monoisotopic (exact) mass is 362 g/mol. The standard InChI is InChI=1S/C17H17BrNO3/c1-2-19(21)16-6-3-13(4-7-16)9-10-22-17-8-5-15(18)11-14(17)12-20/h3-8,11-12H,2,9-10H2,1H3/q+1. The first-order valence-electron chi connectivity index (χ1n) is 7.05. The summed E-state index contributed by atoms with van der Waals surface area (Å²) in [4.78, 5) is 22.5. The largest absolute Gasteiger partial charge is 0.492 e. The van der Waals surface area contributed by atoms with Gasteiger partial charge in [0.05, 0.1) is 12.2 Å². The van der Waals surface area contributed by atoms with Crippen molar-refractivity contribution in [1.82, 2.24) is 0 Å². The van der Waals surface area contributed by atoms with Gasteiger partial charge in [-0.15, -0.1) is 0 Å². The van der Waals surface area contributed by atoms with Crippen molar-refractivity contribution in [2.75, 3.05) is 13.2 Å². The molecule has 22 heavy (non-hydrogen) atoms. The molecule has 0 heterocycles. The summed E-state index contributed by atoms with van der Waals surface area (Å²) in [5.74, 6) is 0.575. The highest BCUT2D eigenvalue weighted by Gasteiger charge is 2.09. The lowest BCUT2D eigenvalue weighted by Crippen LogP contribution is -2.04. The van der Waals surface area contributed by atoms with Gasteiger partial charge < -0.3 is 4.74 Å². The Morgan fingerprint density at radius 3 is 2.55 bits per heavy atom. The van der Waals surface area contributed by atoms with Crippen LogP contribution in [0, 0.1) is 4.91 Å². The molecule has 5 heteroatoms. The number of nitroso groups, excluding NO2 is 1. The molecular formula is C17H17BrNO3+. The van der Waals surface area contributed by atoms with Crippen molar-refractivity contribution in [3.63, 3.8) is 0 Å². The van der Waals surface area contributed by atoms with Gasteiger partial charge in [-0.05, 0) is 30.7 Å². The number of hydrogen-bond acceptors (Lipinski definition) is 3. The van der Waals surface area contributed by atoms with Crippen molar-refractivity contribution in [2.24, 2.45) is 0 Å². The Hall–Kier alpha value is -2.01. The van der Waals surface area contributed by atoms with Gasteiger partial charge in [-0.3, -0.25) is 4.79 Å². The fraction of sp³-hybridized carbons (Fsp3) is 0.235. The maximum absolute atomic E-state index is 11.5. The highest BCUT2D eigenvalue weighted by molar-refractivity contribution is 9.10. The third-order valence-electron chi connectivity index (χ3n) is 3.26. The number of aldehydes is 1. The minimum absolute atomic E-state index is 0.431. The van der Waals surface area contributed by atoms with E-state index >= 15 is 0 Å². The van der Waals surface area contributed by atoms with Crippen LogP contribution in [0.2, 0.25) is 0 Å². The first-order chi connectivity index (χ1) is 10.6. The molecule has 0 fully saturated rings. The van der Waals surface area contributed by atoms with Crippen LogP contribution in [-0.4, -0.2) is 24.2 Å². The summed E-state index contributed by atoms with van der Waals surface area (Å²) >= 11 is 3.32. The summed E-state index contributed by atoms with van der Waals surface area (Å²) in [5.41, 5.74) is 2.26. The molecule has 0 bridgehead atoms. The Bertz CT molecular complexity index is 668. The Labute approximate surface area is 137 Å². The quantitative estimate of drug-likeness (QED) is 0.544. The summed E-state index contributed by atoms with van der Waals surface area (Å²) in [5, 5.41) is 0. The lowest BCUT2D eigenvalue weighted by molar-refractivity contribution is -0.458. The molecule has 0 saturated heterocycles. The number of carbonyl (C=O) groups is 1. The van der Waals surface area contributed by atoms with Crippen LogP contribution in [0.4, 0.5) is 5.69 Å². The number of benzene rings is 2. The predicted molar refractivity (Wildman–Crippen MR) is 89.0 cm³/mol. The number of hydrogen-bond donors (Lipinski definition) is 0. The summed E-state index contributed by atoms with van der Waals surface area (Å²) in [6.07, 6.45) is 1.49. The molecule has 2 rings (SSSR count). The van der Waals surface area contributed by atoms with Crippen molar-refractivity contribution < 1.29 is 14.3 Å². The highest BCUT2D eigenvalue weighted by Crippen LogP contribution is 2.22. The van der Waals surface area contributed by atoms with E-state index in [9.17, 15) is 9.70 Å². The number of rotatable bonds is 7. The molecule has 0 aromatic heterocycles. The minimum atomic E-state index is 0.431. The summed E-state index contributed by atoms with van der Waals surface area (Å²) in [6.45, 7) is 2.72. The molecule has 0 aliphatic heterocycles. The smallest absolute Gasteiger partial charge is 0.255 e. The van der Waals surface area contributed by atoms with Gasteiger partial charge >= 0.3 is 0 Å². The first-order valence-corrected chi connectivity index (χ1v) is 7.84. The average Bonchev–Trinajstić information content (AvgIpc) is 2.56. The van der Waals surface area contributed by atoms with Crippen LogP contribution in [0.5, 0.6) is 5.75 Å². The molecule has 0 atom stereocenters. The SMILES string of the molecule is CC[N+](=O)c1ccc(CCOc2ccc(Br)cc2C=O)cc1. The molecule has 0 radical (unpaired) electrons. The van der Waals surface area contributed by atoms with E-state index in [1.807, 2.05) is 37.3 Å². The lowest BCUT2D eigenvalue weighted by atomic mass is 10.1. The van der Waals surface area contributed by atoms with Gasteiger partial charge in [0.2, 0.25) is 0 Å². The van der Waals surface area contributed by atoms with Crippen LogP contribution in [0.25, 0.3) is 0 Å². The maximum Gasteiger partial charge on any atom is 0.255 e. The van der Waals surface area contributed by atoms with Crippen LogP contribution < -0.4 is 4.74 Å². The van der Waals surface area contributed by atoms with Gasteiger partial charge in [0, 0.05) is 32.7 Å². The molecule has 0 saturated carbocycles. The van der Waals surface area contributed by atoms with Crippen molar-refractivity contribution in [1.29, 1.82) is 0 Å². The van der Waals surface area contributed by atoms with Gasteiger partial charge in [-0.1, -0.05) is 28.1 Å². The van der Waals surface area contributed by atoms with Gasteiger partial charge in [0.15, 0.2) is 12.8 Å². The van der Waals surface area contributed by atoms with Crippen molar-refractivity contribution in [2.45, 2.75) is 13.3 Å². The van der Waals surface area contributed by atoms with Crippen molar-refractivity contribution in [3.05, 3.63) is 63.0 Å². The molecule has 114 valence electrons. The van der Waals surface area contributed by atoms with E-state index < -0.39 is 0 Å². The summed E-state index contributed by atoms with van der Waals surface area (Å²) < 4.78 is 7.45. The fourth-order valence-corrected chi connectivity index (χ4v) is 2.41. The summed E-state index contributed by atoms with van der Waals surface area (Å²) in [6, 6.07) is 12.8. The zero-order chi connectivity index (χ0) is 15.9. The third kappa shape index (κ3) is 4.24. The van der Waals surface area contributed by atoms with Gasteiger partial charge in [0.1, 0.15) is 5.75 Å². The number of halogens is 1. The maximum atomic E-state index is 11.5. The molecule has 0 amide bonds. The molecule has 2 aromatic carbocycles. The third-order valence-corrected chi connectivity index (χ3v) is 3.75. The fourth-order valence-electron chi connectivity index (χ4n) is 2.03. The van der Waals surface area contributed by atoms with E-state index in [1.165, 1.54) is 0 Å². The molecule has 0 aliphatic carbocycles. The second-order valence-corrected chi connectivity index (χ2v) is 5.68.